The molecule has 3 N–H and O–H groups in total. The molecule has 1 aromatic rings. The number of hydrogen-bond donors (Lipinski definition) is 3. The summed E-state index contributed by atoms with van der Waals surface area (Å²) >= 11 is 0. The Morgan fingerprint density at radius 3 is 2.42 bits per heavy atom. The predicted octanol–water partition coefficient (Wildman–Crippen LogP) is -0.383. The molecule has 1 rings (SSSR count). The third-order valence-electron chi connectivity index (χ3n) is 2.63. The summed E-state index contributed by atoms with van der Waals surface area (Å²) in [7, 11) is -0.0439. The van der Waals surface area contributed by atoms with Crippen molar-refractivity contribution in [2.24, 2.45) is 0 Å². The first-order valence-corrected chi connectivity index (χ1v) is 7.42. The number of aromatic nitrogens is 2. The molecule has 0 fully saturated rings. The number of likely N-dealkylation sites (N-methyl/N-ethyl adjacent to an activating group) is 1. The van der Waals surface area contributed by atoms with E-state index >= 15 is 0 Å². The fourth-order valence-corrected chi connectivity index (χ4v) is 3.53. The molecule has 0 bridgehead atoms. The number of aryl methyl sites for hydroxylation is 2. The van der Waals surface area contributed by atoms with E-state index in [0.29, 0.717) is 17.9 Å². The van der Waals surface area contributed by atoms with Gasteiger partial charge in [0.15, 0.2) is 0 Å². The maximum Gasteiger partial charge on any atom is 0.244 e. The van der Waals surface area contributed by atoms with Crippen LogP contribution in [0.1, 0.15) is 18.3 Å². The van der Waals surface area contributed by atoms with E-state index in [0.717, 1.165) is 0 Å². The largest absolute Gasteiger partial charge is 0.387 e. The minimum absolute atomic E-state index is 0.0580. The Hall–Kier alpha value is -0.960. The van der Waals surface area contributed by atoms with Gasteiger partial charge in [-0.2, -0.15) is 5.10 Å². The second-order valence-corrected chi connectivity index (χ2v) is 7.03. The SMILES string of the molecule is Cc1n[nH]c(C)c1S(=O)(=O)NCC(C)(O)CN(C)C. The quantitative estimate of drug-likeness (QED) is 0.663. The standard InChI is InChI=1S/C11H22N4O3S/c1-8-10(9(2)14-13-8)19(17,18)12-6-11(3,16)7-15(4)5/h12,16H,6-7H2,1-5H3,(H,13,14). The summed E-state index contributed by atoms with van der Waals surface area (Å²) in [4.78, 5) is 1.94. The molecule has 1 atom stereocenters. The van der Waals surface area contributed by atoms with Gasteiger partial charge in [0.2, 0.25) is 10.0 Å². The van der Waals surface area contributed by atoms with Gasteiger partial charge in [-0.1, -0.05) is 0 Å². The summed E-state index contributed by atoms with van der Waals surface area (Å²) in [5, 5.41) is 16.6. The van der Waals surface area contributed by atoms with Crippen LogP contribution in [0.4, 0.5) is 0 Å². The van der Waals surface area contributed by atoms with Gasteiger partial charge in [-0.15, -0.1) is 0 Å². The Morgan fingerprint density at radius 2 is 2.00 bits per heavy atom. The molecule has 0 amide bonds. The molecule has 0 saturated heterocycles. The van der Waals surface area contributed by atoms with Crippen molar-refractivity contribution in [2.45, 2.75) is 31.3 Å². The number of rotatable bonds is 6. The number of hydrogen-bond acceptors (Lipinski definition) is 5. The summed E-state index contributed by atoms with van der Waals surface area (Å²) in [6, 6.07) is 0. The molecule has 0 aliphatic heterocycles. The third kappa shape index (κ3) is 4.27. The lowest BCUT2D eigenvalue weighted by Gasteiger charge is -2.27. The lowest BCUT2D eigenvalue weighted by Crippen LogP contribution is -2.47. The highest BCUT2D eigenvalue weighted by molar-refractivity contribution is 7.89. The highest BCUT2D eigenvalue weighted by Crippen LogP contribution is 2.16. The van der Waals surface area contributed by atoms with Gasteiger partial charge in [0.25, 0.3) is 0 Å². The lowest BCUT2D eigenvalue weighted by atomic mass is 10.1. The van der Waals surface area contributed by atoms with Gasteiger partial charge >= 0.3 is 0 Å². The molecule has 8 heteroatoms. The molecular formula is C11H22N4O3S. The van der Waals surface area contributed by atoms with Crippen LogP contribution in [-0.4, -0.2) is 61.4 Å². The fourth-order valence-electron chi connectivity index (χ4n) is 2.00. The van der Waals surface area contributed by atoms with E-state index in [4.69, 9.17) is 0 Å². The molecule has 0 spiro atoms. The molecule has 0 aromatic carbocycles. The first kappa shape index (κ1) is 16.1. The first-order chi connectivity index (χ1) is 8.55. The number of aromatic amines is 1. The Bertz CT molecular complexity index is 515. The van der Waals surface area contributed by atoms with E-state index in [1.165, 1.54) is 0 Å². The van der Waals surface area contributed by atoms with E-state index in [1.54, 1.807) is 25.7 Å². The van der Waals surface area contributed by atoms with Crippen LogP contribution in [0.25, 0.3) is 0 Å². The zero-order chi connectivity index (χ0) is 14.8. The topological polar surface area (TPSA) is 98.3 Å². The average molecular weight is 290 g/mol. The highest BCUT2D eigenvalue weighted by atomic mass is 32.2. The second-order valence-electron chi connectivity index (χ2n) is 5.32. The van der Waals surface area contributed by atoms with Gasteiger partial charge in [0.1, 0.15) is 4.90 Å². The van der Waals surface area contributed by atoms with Gasteiger partial charge < -0.3 is 10.0 Å². The van der Waals surface area contributed by atoms with Crippen molar-refractivity contribution in [2.75, 3.05) is 27.2 Å². The molecule has 19 heavy (non-hydrogen) atoms. The van der Waals surface area contributed by atoms with Crippen molar-refractivity contribution in [3.63, 3.8) is 0 Å². The number of H-pyrrole nitrogens is 1. The molecule has 1 heterocycles. The van der Waals surface area contributed by atoms with Gasteiger partial charge in [0.05, 0.1) is 17.0 Å². The van der Waals surface area contributed by atoms with Crippen molar-refractivity contribution in [1.29, 1.82) is 0 Å². The number of aliphatic hydroxyl groups is 1. The van der Waals surface area contributed by atoms with Crippen molar-refractivity contribution < 1.29 is 13.5 Å². The number of nitrogens with one attached hydrogen (secondary N) is 2. The average Bonchev–Trinajstić information content (AvgIpc) is 2.55. The maximum atomic E-state index is 12.2. The second kappa shape index (κ2) is 5.58. The maximum absolute atomic E-state index is 12.2. The van der Waals surface area contributed by atoms with Crippen molar-refractivity contribution >= 4 is 10.0 Å². The molecule has 0 aliphatic carbocycles. The van der Waals surface area contributed by atoms with Gasteiger partial charge in [-0.25, -0.2) is 13.1 Å². The molecule has 0 aliphatic rings. The molecule has 1 aromatic heterocycles. The van der Waals surface area contributed by atoms with E-state index in [-0.39, 0.29) is 11.4 Å². The zero-order valence-electron chi connectivity index (χ0n) is 12.0. The molecule has 0 radical (unpaired) electrons. The molecule has 1 unspecified atom stereocenters. The van der Waals surface area contributed by atoms with Crippen LogP contribution in [0.3, 0.4) is 0 Å². The Morgan fingerprint density at radius 1 is 1.42 bits per heavy atom. The minimum atomic E-state index is -3.67. The van der Waals surface area contributed by atoms with Gasteiger partial charge in [-0.05, 0) is 34.9 Å². The van der Waals surface area contributed by atoms with E-state index in [2.05, 4.69) is 14.9 Å². The number of nitrogens with zero attached hydrogens (tertiary/aromatic N) is 2. The normalized spacial score (nSPS) is 15.7. The highest BCUT2D eigenvalue weighted by Gasteiger charge is 2.27. The van der Waals surface area contributed by atoms with Crippen LogP contribution in [-0.2, 0) is 10.0 Å². The van der Waals surface area contributed by atoms with Crippen LogP contribution in [0.2, 0.25) is 0 Å². The lowest BCUT2D eigenvalue weighted by molar-refractivity contribution is 0.0386. The monoisotopic (exact) mass is 290 g/mol. The Balaban J connectivity index is 2.83. The Kier molecular flexibility index (Phi) is 4.72. The number of sulfonamides is 1. The molecule has 7 nitrogen and oxygen atoms in total. The van der Waals surface area contributed by atoms with Crippen molar-refractivity contribution in [3.05, 3.63) is 11.4 Å². The summed E-state index contributed by atoms with van der Waals surface area (Å²) in [5.74, 6) is 0. The summed E-state index contributed by atoms with van der Waals surface area (Å²) < 4.78 is 26.8. The van der Waals surface area contributed by atoms with E-state index < -0.39 is 15.6 Å². The van der Waals surface area contributed by atoms with Gasteiger partial charge in [0, 0.05) is 13.1 Å². The third-order valence-corrected chi connectivity index (χ3v) is 4.29. The van der Waals surface area contributed by atoms with E-state index in [9.17, 15) is 13.5 Å². The summed E-state index contributed by atoms with van der Waals surface area (Å²) in [5.41, 5.74) is -0.239. The minimum Gasteiger partial charge on any atom is -0.387 e. The molecular weight excluding hydrogens is 268 g/mol. The van der Waals surface area contributed by atoms with Crippen molar-refractivity contribution in [1.82, 2.24) is 19.8 Å². The molecule has 110 valence electrons. The predicted molar refractivity (Wildman–Crippen MR) is 72.4 cm³/mol. The smallest absolute Gasteiger partial charge is 0.244 e. The van der Waals surface area contributed by atoms with Crippen LogP contribution >= 0.6 is 0 Å². The first-order valence-electron chi connectivity index (χ1n) is 5.93. The van der Waals surface area contributed by atoms with Crippen LogP contribution < -0.4 is 4.72 Å². The van der Waals surface area contributed by atoms with E-state index in [1.807, 2.05) is 14.1 Å². The zero-order valence-corrected chi connectivity index (χ0v) is 12.8. The van der Waals surface area contributed by atoms with Crippen molar-refractivity contribution in [3.8, 4) is 0 Å². The summed E-state index contributed by atoms with van der Waals surface area (Å²) in [6.07, 6.45) is 0. The van der Waals surface area contributed by atoms with Crippen LogP contribution in [0.15, 0.2) is 4.90 Å². The Labute approximate surface area is 114 Å². The van der Waals surface area contributed by atoms with Crippen LogP contribution in [0, 0.1) is 13.8 Å². The molecule has 0 saturated carbocycles. The summed E-state index contributed by atoms with van der Waals surface area (Å²) in [6.45, 7) is 5.16. The van der Waals surface area contributed by atoms with Crippen LogP contribution in [0.5, 0.6) is 0 Å². The fraction of sp³-hybridized carbons (Fsp3) is 0.727. The van der Waals surface area contributed by atoms with Gasteiger partial charge in [-0.3, -0.25) is 5.10 Å².